The van der Waals surface area contributed by atoms with Crippen LogP contribution in [0.1, 0.15) is 57.8 Å². The fourth-order valence-corrected chi connectivity index (χ4v) is 2.92. The van der Waals surface area contributed by atoms with Crippen molar-refractivity contribution in [1.29, 1.82) is 0 Å². The lowest BCUT2D eigenvalue weighted by Crippen LogP contribution is -2.34. The van der Waals surface area contributed by atoms with Crippen LogP contribution in [0.3, 0.4) is 0 Å². The second kappa shape index (κ2) is 7.00. The van der Waals surface area contributed by atoms with Gasteiger partial charge in [0.25, 0.3) is 0 Å². The standard InChI is InChI=1S/C14H25NO2/c16-14(17-11-12-5-1-2-6-12)9-8-13-7-3-4-10-15-13/h12-13,15H,1-11H2. The van der Waals surface area contributed by atoms with Crippen LogP contribution in [0.5, 0.6) is 0 Å². The lowest BCUT2D eigenvalue weighted by Gasteiger charge is -2.23. The molecule has 17 heavy (non-hydrogen) atoms. The van der Waals surface area contributed by atoms with Crippen molar-refractivity contribution >= 4 is 5.97 Å². The first-order chi connectivity index (χ1) is 8.34. The highest BCUT2D eigenvalue weighted by atomic mass is 16.5. The van der Waals surface area contributed by atoms with E-state index in [9.17, 15) is 4.79 Å². The molecule has 98 valence electrons. The number of hydrogen-bond acceptors (Lipinski definition) is 3. The Hall–Kier alpha value is -0.570. The van der Waals surface area contributed by atoms with E-state index in [1.165, 1.54) is 44.9 Å². The molecule has 0 amide bonds. The van der Waals surface area contributed by atoms with Crippen LogP contribution in [-0.4, -0.2) is 25.2 Å². The van der Waals surface area contributed by atoms with Gasteiger partial charge in [-0.2, -0.15) is 0 Å². The number of nitrogens with one attached hydrogen (secondary N) is 1. The van der Waals surface area contributed by atoms with Crippen LogP contribution in [0.2, 0.25) is 0 Å². The summed E-state index contributed by atoms with van der Waals surface area (Å²) in [6, 6.07) is 0.544. The van der Waals surface area contributed by atoms with E-state index in [1.807, 2.05) is 0 Å². The zero-order valence-electron chi connectivity index (χ0n) is 10.7. The summed E-state index contributed by atoms with van der Waals surface area (Å²) in [4.78, 5) is 11.6. The molecule has 1 unspecified atom stereocenters. The smallest absolute Gasteiger partial charge is 0.305 e. The maximum absolute atomic E-state index is 11.6. The van der Waals surface area contributed by atoms with E-state index in [0.29, 0.717) is 25.0 Å². The molecule has 1 N–H and O–H groups in total. The number of piperidine rings is 1. The van der Waals surface area contributed by atoms with Gasteiger partial charge in [-0.25, -0.2) is 0 Å². The molecule has 1 atom stereocenters. The van der Waals surface area contributed by atoms with Crippen LogP contribution in [0, 0.1) is 5.92 Å². The molecule has 2 aliphatic rings. The van der Waals surface area contributed by atoms with E-state index in [0.717, 1.165) is 13.0 Å². The molecule has 1 saturated carbocycles. The van der Waals surface area contributed by atoms with Gasteiger partial charge in [0.15, 0.2) is 0 Å². The molecule has 0 radical (unpaired) electrons. The quantitative estimate of drug-likeness (QED) is 0.750. The van der Waals surface area contributed by atoms with Crippen LogP contribution < -0.4 is 5.32 Å². The Labute approximate surface area is 104 Å². The van der Waals surface area contributed by atoms with Crippen molar-refractivity contribution in [2.24, 2.45) is 5.92 Å². The molecule has 1 heterocycles. The summed E-state index contributed by atoms with van der Waals surface area (Å²) in [6.45, 7) is 1.78. The molecule has 0 bridgehead atoms. The summed E-state index contributed by atoms with van der Waals surface area (Å²) in [5.41, 5.74) is 0. The molecule has 2 rings (SSSR count). The van der Waals surface area contributed by atoms with Crippen molar-refractivity contribution in [2.75, 3.05) is 13.2 Å². The van der Waals surface area contributed by atoms with Crippen LogP contribution >= 0.6 is 0 Å². The predicted octanol–water partition coefficient (Wildman–Crippen LogP) is 2.64. The van der Waals surface area contributed by atoms with Crippen LogP contribution in [-0.2, 0) is 9.53 Å². The Kier molecular flexibility index (Phi) is 5.30. The number of carbonyl (C=O) groups is 1. The molecular weight excluding hydrogens is 214 g/mol. The molecule has 1 aliphatic carbocycles. The van der Waals surface area contributed by atoms with Crippen molar-refractivity contribution < 1.29 is 9.53 Å². The van der Waals surface area contributed by atoms with E-state index in [1.54, 1.807) is 0 Å². The SMILES string of the molecule is O=C(CCC1CCCCN1)OCC1CCCC1. The van der Waals surface area contributed by atoms with E-state index in [-0.39, 0.29) is 5.97 Å². The van der Waals surface area contributed by atoms with Crippen molar-refractivity contribution in [1.82, 2.24) is 5.32 Å². The first kappa shape index (κ1) is 12.9. The molecular formula is C14H25NO2. The first-order valence-corrected chi connectivity index (χ1v) is 7.23. The summed E-state index contributed by atoms with van der Waals surface area (Å²) >= 11 is 0. The Morgan fingerprint density at radius 3 is 2.59 bits per heavy atom. The fourth-order valence-electron chi connectivity index (χ4n) is 2.92. The minimum Gasteiger partial charge on any atom is -0.465 e. The van der Waals surface area contributed by atoms with Gasteiger partial charge in [-0.1, -0.05) is 19.3 Å². The Morgan fingerprint density at radius 1 is 1.12 bits per heavy atom. The number of carbonyl (C=O) groups excluding carboxylic acids is 1. The van der Waals surface area contributed by atoms with Crippen molar-refractivity contribution in [3.8, 4) is 0 Å². The highest BCUT2D eigenvalue weighted by Gasteiger charge is 2.18. The predicted molar refractivity (Wildman–Crippen MR) is 67.8 cm³/mol. The van der Waals surface area contributed by atoms with Gasteiger partial charge in [0.1, 0.15) is 0 Å². The van der Waals surface area contributed by atoms with Crippen molar-refractivity contribution in [3.63, 3.8) is 0 Å². The van der Waals surface area contributed by atoms with Crippen LogP contribution in [0.15, 0.2) is 0 Å². The second-order valence-corrected chi connectivity index (χ2v) is 5.52. The van der Waals surface area contributed by atoms with E-state index in [4.69, 9.17) is 4.74 Å². The number of rotatable bonds is 5. The van der Waals surface area contributed by atoms with Gasteiger partial charge < -0.3 is 10.1 Å². The van der Waals surface area contributed by atoms with Gasteiger partial charge in [0, 0.05) is 12.5 Å². The zero-order chi connectivity index (χ0) is 11.9. The third kappa shape index (κ3) is 4.66. The number of esters is 1. The summed E-state index contributed by atoms with van der Waals surface area (Å²) in [7, 11) is 0. The molecule has 0 aromatic carbocycles. The van der Waals surface area contributed by atoms with E-state index in [2.05, 4.69) is 5.32 Å². The highest BCUT2D eigenvalue weighted by Crippen LogP contribution is 2.24. The lowest BCUT2D eigenvalue weighted by atomic mass is 10.0. The van der Waals surface area contributed by atoms with Crippen LogP contribution in [0.25, 0.3) is 0 Å². The lowest BCUT2D eigenvalue weighted by molar-refractivity contribution is -0.145. The maximum Gasteiger partial charge on any atom is 0.305 e. The Balaban J connectivity index is 1.53. The highest BCUT2D eigenvalue weighted by molar-refractivity contribution is 5.69. The maximum atomic E-state index is 11.6. The average molecular weight is 239 g/mol. The third-order valence-corrected chi connectivity index (χ3v) is 4.06. The van der Waals surface area contributed by atoms with Crippen molar-refractivity contribution in [3.05, 3.63) is 0 Å². The normalized spacial score (nSPS) is 26.0. The molecule has 3 heteroatoms. The molecule has 1 aliphatic heterocycles. The monoisotopic (exact) mass is 239 g/mol. The fraction of sp³-hybridized carbons (Fsp3) is 0.929. The Bertz CT molecular complexity index is 230. The molecule has 1 saturated heterocycles. The molecule has 0 spiro atoms. The minimum absolute atomic E-state index is 0.00396. The summed E-state index contributed by atoms with van der Waals surface area (Å²) in [5.74, 6) is 0.649. The largest absolute Gasteiger partial charge is 0.465 e. The van der Waals surface area contributed by atoms with Gasteiger partial charge in [0.2, 0.25) is 0 Å². The number of hydrogen-bond donors (Lipinski definition) is 1. The number of ether oxygens (including phenoxy) is 1. The molecule has 3 nitrogen and oxygen atoms in total. The minimum atomic E-state index is 0.00396. The Morgan fingerprint density at radius 2 is 1.88 bits per heavy atom. The molecule has 0 aromatic rings. The summed E-state index contributed by atoms with van der Waals surface area (Å²) < 4.78 is 5.35. The van der Waals surface area contributed by atoms with E-state index >= 15 is 0 Å². The van der Waals surface area contributed by atoms with Gasteiger partial charge >= 0.3 is 5.97 Å². The van der Waals surface area contributed by atoms with E-state index < -0.39 is 0 Å². The second-order valence-electron chi connectivity index (χ2n) is 5.52. The van der Waals surface area contributed by atoms with Gasteiger partial charge in [-0.15, -0.1) is 0 Å². The van der Waals surface area contributed by atoms with Gasteiger partial charge in [-0.3, -0.25) is 4.79 Å². The summed E-state index contributed by atoms with van der Waals surface area (Å²) in [6.07, 6.45) is 10.5. The van der Waals surface area contributed by atoms with Crippen LogP contribution in [0.4, 0.5) is 0 Å². The van der Waals surface area contributed by atoms with Gasteiger partial charge in [-0.05, 0) is 44.6 Å². The van der Waals surface area contributed by atoms with Gasteiger partial charge in [0.05, 0.1) is 6.61 Å². The molecule has 2 fully saturated rings. The molecule has 0 aromatic heterocycles. The summed E-state index contributed by atoms with van der Waals surface area (Å²) in [5, 5.41) is 3.46. The zero-order valence-corrected chi connectivity index (χ0v) is 10.7. The first-order valence-electron chi connectivity index (χ1n) is 7.23. The third-order valence-electron chi connectivity index (χ3n) is 4.06. The van der Waals surface area contributed by atoms with Crippen molar-refractivity contribution in [2.45, 2.75) is 63.8 Å². The average Bonchev–Trinajstić information content (AvgIpc) is 2.88. The topological polar surface area (TPSA) is 38.3 Å².